The molecule has 0 aliphatic rings. The number of hydrogen-bond acceptors (Lipinski definition) is 7. The maximum Gasteiger partial charge on any atom is 0.328 e. The SMILES string of the molecule is COCCOCC(=O)N[C@H](CC(=O)OC)C(=O)OC. The van der Waals surface area contributed by atoms with Crippen molar-refractivity contribution in [3.05, 3.63) is 0 Å². The largest absolute Gasteiger partial charge is 0.469 e. The third-order valence-corrected chi connectivity index (χ3v) is 2.08. The van der Waals surface area contributed by atoms with Gasteiger partial charge in [0.05, 0.1) is 33.9 Å². The number of methoxy groups -OCH3 is 3. The Bertz CT molecular complexity index is 305. The van der Waals surface area contributed by atoms with Crippen LogP contribution in [0.5, 0.6) is 0 Å². The molecule has 0 bridgehead atoms. The molecule has 8 nitrogen and oxygen atoms in total. The van der Waals surface area contributed by atoms with Gasteiger partial charge < -0.3 is 24.3 Å². The topological polar surface area (TPSA) is 100 Å². The minimum Gasteiger partial charge on any atom is -0.469 e. The van der Waals surface area contributed by atoms with Crippen molar-refractivity contribution in [2.75, 3.05) is 41.2 Å². The molecular weight excluding hydrogens is 258 g/mol. The van der Waals surface area contributed by atoms with Gasteiger partial charge >= 0.3 is 11.9 Å². The van der Waals surface area contributed by atoms with Gasteiger partial charge in [-0.05, 0) is 0 Å². The molecule has 0 saturated carbocycles. The third-order valence-electron chi connectivity index (χ3n) is 2.08. The van der Waals surface area contributed by atoms with E-state index in [4.69, 9.17) is 9.47 Å². The van der Waals surface area contributed by atoms with Gasteiger partial charge in [0.1, 0.15) is 12.6 Å². The Kier molecular flexibility index (Phi) is 9.37. The number of esters is 2. The van der Waals surface area contributed by atoms with Gasteiger partial charge in [-0.15, -0.1) is 0 Å². The van der Waals surface area contributed by atoms with Gasteiger partial charge in [-0.3, -0.25) is 9.59 Å². The highest BCUT2D eigenvalue weighted by atomic mass is 16.5. The Labute approximate surface area is 111 Å². The van der Waals surface area contributed by atoms with Gasteiger partial charge in [0.25, 0.3) is 0 Å². The standard InChI is InChI=1S/C11H19NO7/c1-16-4-5-19-7-9(13)12-8(11(15)18-3)6-10(14)17-2/h8H,4-7H2,1-3H3,(H,12,13)/t8-/m1/s1. The van der Waals surface area contributed by atoms with Crippen molar-refractivity contribution in [2.24, 2.45) is 0 Å². The van der Waals surface area contributed by atoms with Gasteiger partial charge in [-0.2, -0.15) is 0 Å². The van der Waals surface area contributed by atoms with Gasteiger partial charge in [0.2, 0.25) is 5.91 Å². The highest BCUT2D eigenvalue weighted by Crippen LogP contribution is 1.97. The van der Waals surface area contributed by atoms with Gasteiger partial charge in [0, 0.05) is 7.11 Å². The molecule has 0 unspecified atom stereocenters. The average molecular weight is 277 g/mol. The van der Waals surface area contributed by atoms with E-state index >= 15 is 0 Å². The van der Waals surface area contributed by atoms with E-state index in [1.165, 1.54) is 14.2 Å². The van der Waals surface area contributed by atoms with Gasteiger partial charge in [0.15, 0.2) is 0 Å². The van der Waals surface area contributed by atoms with E-state index in [2.05, 4.69) is 14.8 Å². The number of amides is 1. The first-order chi connectivity index (χ1) is 9.04. The van der Waals surface area contributed by atoms with Gasteiger partial charge in [-0.1, -0.05) is 0 Å². The third kappa shape index (κ3) is 8.11. The van der Waals surface area contributed by atoms with Crippen LogP contribution in [0.15, 0.2) is 0 Å². The number of rotatable bonds is 9. The zero-order chi connectivity index (χ0) is 14.7. The van der Waals surface area contributed by atoms with Crippen LogP contribution in [0.3, 0.4) is 0 Å². The Morgan fingerprint density at radius 2 is 1.74 bits per heavy atom. The van der Waals surface area contributed by atoms with Crippen molar-refractivity contribution >= 4 is 17.8 Å². The maximum atomic E-state index is 11.5. The molecule has 110 valence electrons. The maximum absolute atomic E-state index is 11.5. The predicted molar refractivity (Wildman–Crippen MR) is 63.3 cm³/mol. The van der Waals surface area contributed by atoms with Crippen LogP contribution < -0.4 is 5.32 Å². The number of carbonyl (C=O) groups excluding carboxylic acids is 3. The highest BCUT2D eigenvalue weighted by Gasteiger charge is 2.24. The molecule has 0 aliphatic heterocycles. The fourth-order valence-corrected chi connectivity index (χ4v) is 1.13. The molecule has 1 N–H and O–H groups in total. The first-order valence-electron chi connectivity index (χ1n) is 5.55. The number of hydrogen-bond donors (Lipinski definition) is 1. The van der Waals surface area contributed by atoms with E-state index in [-0.39, 0.29) is 19.6 Å². The summed E-state index contributed by atoms with van der Waals surface area (Å²) in [5, 5.41) is 2.33. The fourth-order valence-electron chi connectivity index (χ4n) is 1.13. The zero-order valence-corrected chi connectivity index (χ0v) is 11.3. The molecule has 1 atom stereocenters. The summed E-state index contributed by atoms with van der Waals surface area (Å²) in [6.45, 7) is 0.373. The van der Waals surface area contributed by atoms with E-state index in [1.54, 1.807) is 0 Å². The predicted octanol–water partition coefficient (Wildman–Crippen LogP) is -1.13. The minimum absolute atomic E-state index is 0.238. The molecule has 0 aromatic rings. The lowest BCUT2D eigenvalue weighted by Gasteiger charge is -2.15. The van der Waals surface area contributed by atoms with Crippen LogP contribution in [-0.4, -0.2) is 65.0 Å². The fraction of sp³-hybridized carbons (Fsp3) is 0.727. The Hall–Kier alpha value is -1.67. The van der Waals surface area contributed by atoms with Crippen molar-refractivity contribution in [3.8, 4) is 0 Å². The molecule has 0 radical (unpaired) electrons. The zero-order valence-electron chi connectivity index (χ0n) is 11.3. The lowest BCUT2D eigenvalue weighted by Crippen LogP contribution is -2.44. The van der Waals surface area contributed by atoms with Crippen molar-refractivity contribution in [2.45, 2.75) is 12.5 Å². The summed E-state index contributed by atoms with van der Waals surface area (Å²) in [7, 11) is 3.85. The summed E-state index contributed by atoms with van der Waals surface area (Å²) in [5.41, 5.74) is 0. The van der Waals surface area contributed by atoms with Crippen LogP contribution in [0.1, 0.15) is 6.42 Å². The van der Waals surface area contributed by atoms with E-state index in [9.17, 15) is 14.4 Å². The first kappa shape index (κ1) is 17.3. The normalized spacial score (nSPS) is 11.5. The summed E-state index contributed by atoms with van der Waals surface area (Å²) in [4.78, 5) is 33.9. The van der Waals surface area contributed by atoms with E-state index in [0.29, 0.717) is 6.61 Å². The Morgan fingerprint density at radius 1 is 1.05 bits per heavy atom. The monoisotopic (exact) mass is 277 g/mol. The molecule has 0 fully saturated rings. The van der Waals surface area contributed by atoms with Crippen LogP contribution in [-0.2, 0) is 33.3 Å². The Balaban J connectivity index is 4.19. The molecule has 0 aromatic heterocycles. The van der Waals surface area contributed by atoms with Crippen LogP contribution in [0, 0.1) is 0 Å². The van der Waals surface area contributed by atoms with Crippen molar-refractivity contribution in [1.82, 2.24) is 5.32 Å². The Morgan fingerprint density at radius 3 is 2.26 bits per heavy atom. The average Bonchev–Trinajstić information content (AvgIpc) is 2.41. The molecule has 0 aliphatic carbocycles. The molecule has 8 heteroatoms. The lowest BCUT2D eigenvalue weighted by atomic mass is 10.2. The minimum atomic E-state index is -1.09. The van der Waals surface area contributed by atoms with Crippen molar-refractivity contribution < 1.29 is 33.3 Å². The highest BCUT2D eigenvalue weighted by molar-refractivity contribution is 5.88. The number of carbonyl (C=O) groups is 3. The summed E-state index contributed by atoms with van der Waals surface area (Å²) < 4.78 is 18.6. The van der Waals surface area contributed by atoms with Crippen LogP contribution in [0.2, 0.25) is 0 Å². The summed E-state index contributed by atoms with van der Waals surface area (Å²) in [6, 6.07) is -1.09. The molecule has 0 saturated heterocycles. The second-order valence-corrected chi connectivity index (χ2v) is 3.47. The van der Waals surface area contributed by atoms with E-state index in [1.807, 2.05) is 0 Å². The number of ether oxygens (including phenoxy) is 4. The van der Waals surface area contributed by atoms with E-state index < -0.39 is 23.9 Å². The molecule has 0 heterocycles. The molecule has 0 aromatic carbocycles. The second kappa shape index (κ2) is 10.3. The smallest absolute Gasteiger partial charge is 0.328 e. The van der Waals surface area contributed by atoms with Crippen LogP contribution in [0.25, 0.3) is 0 Å². The molecule has 0 rings (SSSR count). The summed E-state index contributed by atoms with van der Waals surface area (Å²) in [6.07, 6.45) is -0.299. The van der Waals surface area contributed by atoms with Crippen LogP contribution >= 0.6 is 0 Å². The quantitative estimate of drug-likeness (QED) is 0.420. The second-order valence-electron chi connectivity index (χ2n) is 3.47. The summed E-state index contributed by atoms with van der Waals surface area (Å²) >= 11 is 0. The van der Waals surface area contributed by atoms with Crippen LogP contribution in [0.4, 0.5) is 0 Å². The summed E-state index contributed by atoms with van der Waals surface area (Å²) in [5.74, 6) is -1.89. The molecule has 1 amide bonds. The molecular formula is C11H19NO7. The van der Waals surface area contributed by atoms with Crippen molar-refractivity contribution in [1.29, 1.82) is 0 Å². The first-order valence-corrected chi connectivity index (χ1v) is 5.55. The van der Waals surface area contributed by atoms with E-state index in [0.717, 1.165) is 7.11 Å². The number of nitrogens with one attached hydrogen (secondary N) is 1. The lowest BCUT2D eigenvalue weighted by molar-refractivity contribution is -0.151. The molecule has 19 heavy (non-hydrogen) atoms. The van der Waals surface area contributed by atoms with Crippen molar-refractivity contribution in [3.63, 3.8) is 0 Å². The molecule has 0 spiro atoms. The van der Waals surface area contributed by atoms with Gasteiger partial charge in [-0.25, -0.2) is 4.79 Å².